The van der Waals surface area contributed by atoms with E-state index in [0.29, 0.717) is 12.5 Å². The molecule has 6 nitrogen and oxygen atoms in total. The van der Waals surface area contributed by atoms with E-state index >= 15 is 0 Å². The highest BCUT2D eigenvalue weighted by molar-refractivity contribution is 5.78. The van der Waals surface area contributed by atoms with Crippen LogP contribution in [0.15, 0.2) is 12.1 Å². The van der Waals surface area contributed by atoms with Crippen LogP contribution in [0.25, 0.3) is 0 Å². The summed E-state index contributed by atoms with van der Waals surface area (Å²) in [5, 5.41) is 11.4. The van der Waals surface area contributed by atoms with Crippen LogP contribution in [0, 0.1) is 5.92 Å². The lowest BCUT2D eigenvalue weighted by atomic mass is 10.0. The quantitative estimate of drug-likeness (QED) is 0.893. The Hall–Kier alpha value is -1.85. The summed E-state index contributed by atoms with van der Waals surface area (Å²) in [6.45, 7) is 8.04. The molecular weight excluding hydrogens is 268 g/mol. The number of rotatable bonds is 5. The molecule has 1 amide bonds. The smallest absolute Gasteiger partial charge is 0.233 e. The zero-order chi connectivity index (χ0) is 15.2. The highest BCUT2D eigenvalue weighted by Gasteiger charge is 2.23. The summed E-state index contributed by atoms with van der Waals surface area (Å²) in [7, 11) is 0. The van der Waals surface area contributed by atoms with Crippen molar-refractivity contribution in [1.82, 2.24) is 15.5 Å². The van der Waals surface area contributed by atoms with Crippen molar-refractivity contribution in [3.8, 4) is 5.88 Å². The van der Waals surface area contributed by atoms with Gasteiger partial charge >= 0.3 is 0 Å². The van der Waals surface area contributed by atoms with E-state index in [4.69, 9.17) is 4.74 Å². The maximum atomic E-state index is 11.8. The molecule has 1 aliphatic rings. The Labute approximate surface area is 125 Å². The number of anilines is 1. The average Bonchev–Trinajstić information content (AvgIpc) is 2.48. The number of hydrogen-bond donors (Lipinski definition) is 1. The number of carbonyl (C=O) groups is 1. The number of aromatic nitrogens is 2. The number of amides is 1. The summed E-state index contributed by atoms with van der Waals surface area (Å²) in [4.78, 5) is 14.0. The van der Waals surface area contributed by atoms with Gasteiger partial charge in [0.25, 0.3) is 0 Å². The van der Waals surface area contributed by atoms with Gasteiger partial charge < -0.3 is 15.0 Å². The van der Waals surface area contributed by atoms with E-state index < -0.39 is 0 Å². The Morgan fingerprint density at radius 3 is 2.90 bits per heavy atom. The van der Waals surface area contributed by atoms with E-state index in [2.05, 4.69) is 20.4 Å². The molecule has 0 unspecified atom stereocenters. The molecule has 1 aliphatic heterocycles. The number of ether oxygens (including phenoxy) is 1. The third kappa shape index (κ3) is 4.31. The molecule has 2 heterocycles. The van der Waals surface area contributed by atoms with Crippen molar-refractivity contribution in [1.29, 1.82) is 0 Å². The Morgan fingerprint density at radius 2 is 2.29 bits per heavy atom. The molecule has 1 atom stereocenters. The third-order valence-electron chi connectivity index (χ3n) is 3.53. The highest BCUT2D eigenvalue weighted by atomic mass is 16.5. The van der Waals surface area contributed by atoms with E-state index in [9.17, 15) is 4.79 Å². The van der Waals surface area contributed by atoms with Crippen LogP contribution in [0.3, 0.4) is 0 Å². The van der Waals surface area contributed by atoms with Crippen LogP contribution in [0.2, 0.25) is 0 Å². The first kappa shape index (κ1) is 15.5. The number of nitrogens with zero attached hydrogens (tertiary/aromatic N) is 3. The van der Waals surface area contributed by atoms with Gasteiger partial charge in [-0.3, -0.25) is 4.79 Å². The fourth-order valence-electron chi connectivity index (χ4n) is 2.38. The van der Waals surface area contributed by atoms with Gasteiger partial charge in [0.05, 0.1) is 6.61 Å². The molecule has 0 saturated carbocycles. The van der Waals surface area contributed by atoms with Gasteiger partial charge in [-0.1, -0.05) is 13.8 Å². The first-order chi connectivity index (χ1) is 10.1. The predicted molar refractivity (Wildman–Crippen MR) is 81.4 cm³/mol. The van der Waals surface area contributed by atoms with Crippen molar-refractivity contribution in [2.24, 2.45) is 5.92 Å². The molecule has 1 saturated heterocycles. The second-order valence-electron chi connectivity index (χ2n) is 5.61. The Kier molecular flexibility index (Phi) is 5.36. The first-order valence-electron chi connectivity index (χ1n) is 7.62. The maximum Gasteiger partial charge on any atom is 0.233 e. The second kappa shape index (κ2) is 7.24. The molecule has 116 valence electrons. The minimum Gasteiger partial charge on any atom is -0.477 e. The van der Waals surface area contributed by atoms with Gasteiger partial charge in [0.1, 0.15) is 0 Å². The third-order valence-corrected chi connectivity index (χ3v) is 3.53. The largest absolute Gasteiger partial charge is 0.477 e. The molecule has 1 N–H and O–H groups in total. The zero-order valence-corrected chi connectivity index (χ0v) is 13.0. The molecule has 1 aromatic heterocycles. The van der Waals surface area contributed by atoms with E-state index in [0.717, 1.165) is 31.7 Å². The topological polar surface area (TPSA) is 67.3 Å². The van der Waals surface area contributed by atoms with Crippen LogP contribution in [-0.2, 0) is 4.79 Å². The number of piperidine rings is 1. The lowest BCUT2D eigenvalue weighted by Crippen LogP contribution is -2.49. The highest BCUT2D eigenvalue weighted by Crippen LogP contribution is 2.19. The van der Waals surface area contributed by atoms with Crippen LogP contribution in [0.4, 0.5) is 5.82 Å². The molecule has 0 bridgehead atoms. The fraction of sp³-hybridized carbons (Fsp3) is 0.667. The average molecular weight is 292 g/mol. The summed E-state index contributed by atoms with van der Waals surface area (Å²) >= 11 is 0. The predicted octanol–water partition coefficient (Wildman–Crippen LogP) is 1.62. The number of carbonyl (C=O) groups excluding carboxylic acids is 1. The van der Waals surface area contributed by atoms with Crippen molar-refractivity contribution in [3.05, 3.63) is 12.1 Å². The van der Waals surface area contributed by atoms with Gasteiger partial charge in [-0.25, -0.2) is 0 Å². The van der Waals surface area contributed by atoms with Gasteiger partial charge in [0.2, 0.25) is 11.8 Å². The molecule has 1 aromatic rings. The van der Waals surface area contributed by atoms with E-state index in [1.54, 1.807) is 0 Å². The molecule has 1 fully saturated rings. The normalized spacial score (nSPS) is 18.7. The fourth-order valence-corrected chi connectivity index (χ4v) is 2.38. The lowest BCUT2D eigenvalue weighted by molar-refractivity contribution is -0.124. The summed E-state index contributed by atoms with van der Waals surface area (Å²) in [5.74, 6) is 1.51. The lowest BCUT2D eigenvalue weighted by Gasteiger charge is -2.34. The van der Waals surface area contributed by atoms with E-state index in [1.807, 2.05) is 32.9 Å². The molecule has 0 aliphatic carbocycles. The summed E-state index contributed by atoms with van der Waals surface area (Å²) in [6.07, 6.45) is 2.05. The van der Waals surface area contributed by atoms with Crippen LogP contribution in [-0.4, -0.2) is 41.8 Å². The van der Waals surface area contributed by atoms with Gasteiger partial charge in [-0.15, -0.1) is 10.2 Å². The van der Waals surface area contributed by atoms with Crippen molar-refractivity contribution in [2.45, 2.75) is 39.7 Å². The van der Waals surface area contributed by atoms with Gasteiger partial charge in [0.15, 0.2) is 5.82 Å². The van der Waals surface area contributed by atoms with Crippen LogP contribution in [0.1, 0.15) is 33.6 Å². The second-order valence-corrected chi connectivity index (χ2v) is 5.61. The minimum atomic E-state index is 0.0191. The summed E-state index contributed by atoms with van der Waals surface area (Å²) in [5.41, 5.74) is 0. The van der Waals surface area contributed by atoms with E-state index in [1.165, 1.54) is 0 Å². The van der Waals surface area contributed by atoms with Crippen molar-refractivity contribution < 1.29 is 9.53 Å². The Morgan fingerprint density at radius 1 is 1.48 bits per heavy atom. The van der Waals surface area contributed by atoms with Gasteiger partial charge in [-0.2, -0.15) is 0 Å². The zero-order valence-electron chi connectivity index (χ0n) is 13.0. The van der Waals surface area contributed by atoms with Gasteiger partial charge in [-0.05, 0) is 25.8 Å². The van der Waals surface area contributed by atoms with E-state index in [-0.39, 0.29) is 17.9 Å². The van der Waals surface area contributed by atoms with Gasteiger partial charge in [0, 0.05) is 31.1 Å². The Balaban J connectivity index is 1.95. The molecule has 0 aromatic carbocycles. The summed E-state index contributed by atoms with van der Waals surface area (Å²) < 4.78 is 5.30. The number of hydrogen-bond acceptors (Lipinski definition) is 5. The first-order valence-corrected chi connectivity index (χ1v) is 7.62. The minimum absolute atomic E-state index is 0.0191. The van der Waals surface area contributed by atoms with Crippen molar-refractivity contribution in [2.75, 3.05) is 24.6 Å². The monoisotopic (exact) mass is 292 g/mol. The summed E-state index contributed by atoms with van der Waals surface area (Å²) in [6, 6.07) is 3.94. The molecule has 0 spiro atoms. The van der Waals surface area contributed by atoms with Crippen LogP contribution < -0.4 is 15.0 Å². The molecule has 21 heavy (non-hydrogen) atoms. The Bertz CT molecular complexity index is 461. The van der Waals surface area contributed by atoms with Crippen molar-refractivity contribution >= 4 is 11.7 Å². The molecule has 2 rings (SSSR count). The maximum absolute atomic E-state index is 11.8. The standard InChI is InChI=1S/C15H24N4O2/c1-4-21-14-8-7-13(17-18-14)19-9-5-6-12(10-19)16-15(20)11(2)3/h7-8,11-12H,4-6,9-10H2,1-3H3,(H,16,20)/t12-/m0/s1. The SMILES string of the molecule is CCOc1ccc(N2CCC[C@H](NC(=O)C(C)C)C2)nn1. The number of nitrogens with one attached hydrogen (secondary N) is 1. The molecule has 0 radical (unpaired) electrons. The van der Waals surface area contributed by atoms with Crippen LogP contribution >= 0.6 is 0 Å². The molecule has 6 heteroatoms. The molecular formula is C15H24N4O2. The van der Waals surface area contributed by atoms with Crippen LogP contribution in [0.5, 0.6) is 5.88 Å². The van der Waals surface area contributed by atoms with Crippen molar-refractivity contribution in [3.63, 3.8) is 0 Å².